The van der Waals surface area contributed by atoms with Gasteiger partial charge in [0, 0.05) is 10.5 Å². The summed E-state index contributed by atoms with van der Waals surface area (Å²) in [7, 11) is 0. The van der Waals surface area contributed by atoms with Gasteiger partial charge >= 0.3 is 0 Å². The number of nitrogens with zero attached hydrogens (tertiary/aromatic N) is 1. The number of allylic oxidation sites excluding steroid dienone is 1. The molecule has 0 saturated carbocycles. The van der Waals surface area contributed by atoms with Gasteiger partial charge in [-0.25, -0.2) is 0 Å². The van der Waals surface area contributed by atoms with Crippen molar-refractivity contribution in [2.24, 2.45) is 0 Å². The second-order valence-electron chi connectivity index (χ2n) is 4.58. The lowest BCUT2D eigenvalue weighted by Crippen LogP contribution is -2.38. The number of ether oxygens (including phenoxy) is 1. The molecular weight excluding hydrogens is 246 g/mol. The zero-order chi connectivity index (χ0) is 14.0. The number of hydrogen-bond donors (Lipinski definition) is 0. The second-order valence-corrected chi connectivity index (χ2v) is 4.58. The molecule has 100 valence electrons. The standard InChI is InChI=1S/C14H15NO4/c1-9(16)13-10(2)19-8-12(15(17)18)14(13)11-6-4-3-5-7-11/h3-7,12,14H,8H2,1-2H3/t12?,14-/m0/s1. The molecule has 2 rings (SSSR count). The van der Waals surface area contributed by atoms with E-state index in [1.54, 1.807) is 6.92 Å². The van der Waals surface area contributed by atoms with Crippen LogP contribution in [0.1, 0.15) is 25.3 Å². The number of rotatable bonds is 3. The fourth-order valence-electron chi connectivity index (χ4n) is 2.49. The van der Waals surface area contributed by atoms with E-state index in [1.807, 2.05) is 30.3 Å². The van der Waals surface area contributed by atoms with Gasteiger partial charge in [-0.3, -0.25) is 14.9 Å². The van der Waals surface area contributed by atoms with Crippen molar-refractivity contribution >= 4 is 5.78 Å². The van der Waals surface area contributed by atoms with Gasteiger partial charge in [-0.1, -0.05) is 30.3 Å². The van der Waals surface area contributed by atoms with E-state index in [0.29, 0.717) is 11.3 Å². The Hall–Kier alpha value is -2.17. The molecule has 1 aliphatic heterocycles. The number of Topliss-reactive ketones (excluding diaryl/α,β-unsaturated/α-hetero) is 1. The highest BCUT2D eigenvalue weighted by Gasteiger charge is 2.42. The first-order valence-electron chi connectivity index (χ1n) is 6.05. The van der Waals surface area contributed by atoms with Crippen LogP contribution in [0.15, 0.2) is 41.7 Å². The Morgan fingerprint density at radius 1 is 1.37 bits per heavy atom. The van der Waals surface area contributed by atoms with Gasteiger partial charge in [-0.05, 0) is 19.4 Å². The van der Waals surface area contributed by atoms with Crippen LogP contribution in [0, 0.1) is 10.1 Å². The third kappa shape index (κ3) is 2.50. The Kier molecular flexibility index (Phi) is 3.64. The fourth-order valence-corrected chi connectivity index (χ4v) is 2.49. The maximum atomic E-state index is 11.8. The average molecular weight is 261 g/mol. The van der Waals surface area contributed by atoms with Crippen LogP contribution >= 0.6 is 0 Å². The van der Waals surface area contributed by atoms with Gasteiger partial charge in [0.05, 0.1) is 5.92 Å². The molecule has 0 radical (unpaired) electrons. The van der Waals surface area contributed by atoms with Crippen molar-refractivity contribution in [3.8, 4) is 0 Å². The van der Waals surface area contributed by atoms with Crippen LogP contribution in [-0.2, 0) is 9.53 Å². The van der Waals surface area contributed by atoms with Crippen LogP contribution in [0.2, 0.25) is 0 Å². The molecule has 0 saturated heterocycles. The fraction of sp³-hybridized carbons (Fsp3) is 0.357. The quantitative estimate of drug-likeness (QED) is 0.618. The van der Waals surface area contributed by atoms with E-state index in [0.717, 1.165) is 5.56 Å². The molecule has 0 amide bonds. The lowest BCUT2D eigenvalue weighted by molar-refractivity contribution is -0.530. The third-order valence-corrected chi connectivity index (χ3v) is 3.35. The maximum absolute atomic E-state index is 11.8. The van der Waals surface area contributed by atoms with Crippen molar-refractivity contribution in [3.63, 3.8) is 0 Å². The molecule has 1 aromatic carbocycles. The molecule has 1 aromatic rings. The van der Waals surface area contributed by atoms with Crippen LogP contribution in [0.5, 0.6) is 0 Å². The molecule has 5 heteroatoms. The number of benzene rings is 1. The summed E-state index contributed by atoms with van der Waals surface area (Å²) in [6.45, 7) is 3.10. The van der Waals surface area contributed by atoms with Gasteiger partial charge in [0.25, 0.3) is 6.04 Å². The van der Waals surface area contributed by atoms with Crippen LogP contribution < -0.4 is 0 Å². The Bertz CT molecular complexity index is 536. The van der Waals surface area contributed by atoms with Crippen molar-refractivity contribution in [2.45, 2.75) is 25.8 Å². The molecule has 0 fully saturated rings. The van der Waals surface area contributed by atoms with Crippen molar-refractivity contribution in [2.75, 3.05) is 6.61 Å². The highest BCUT2D eigenvalue weighted by Crippen LogP contribution is 2.36. The predicted molar refractivity (Wildman–Crippen MR) is 69.3 cm³/mol. The normalized spacial score (nSPS) is 22.8. The first kappa shape index (κ1) is 13.3. The monoisotopic (exact) mass is 261 g/mol. The van der Waals surface area contributed by atoms with Crippen LogP contribution in [0.25, 0.3) is 0 Å². The highest BCUT2D eigenvalue weighted by atomic mass is 16.6. The smallest absolute Gasteiger partial charge is 0.257 e. The molecule has 2 atom stereocenters. The van der Waals surface area contributed by atoms with E-state index in [-0.39, 0.29) is 17.3 Å². The summed E-state index contributed by atoms with van der Waals surface area (Å²) in [5, 5.41) is 11.2. The van der Waals surface area contributed by atoms with Crippen molar-refractivity contribution < 1.29 is 14.5 Å². The lowest BCUT2D eigenvalue weighted by Gasteiger charge is -2.29. The topological polar surface area (TPSA) is 69.4 Å². The molecule has 1 aliphatic rings. The first-order chi connectivity index (χ1) is 9.02. The van der Waals surface area contributed by atoms with E-state index < -0.39 is 12.0 Å². The zero-order valence-corrected chi connectivity index (χ0v) is 10.8. The van der Waals surface area contributed by atoms with Crippen molar-refractivity contribution in [3.05, 3.63) is 57.3 Å². The van der Waals surface area contributed by atoms with E-state index in [2.05, 4.69) is 0 Å². The number of carbonyl (C=O) groups excluding carboxylic acids is 1. The molecule has 0 aliphatic carbocycles. The molecular formula is C14H15NO4. The zero-order valence-electron chi connectivity index (χ0n) is 10.8. The lowest BCUT2D eigenvalue weighted by atomic mass is 9.81. The average Bonchev–Trinajstić information content (AvgIpc) is 2.38. The minimum absolute atomic E-state index is 0.00479. The van der Waals surface area contributed by atoms with E-state index in [1.165, 1.54) is 6.92 Å². The van der Waals surface area contributed by atoms with Crippen LogP contribution in [-0.4, -0.2) is 23.4 Å². The van der Waals surface area contributed by atoms with E-state index in [9.17, 15) is 14.9 Å². The van der Waals surface area contributed by atoms with Gasteiger partial charge < -0.3 is 4.74 Å². The third-order valence-electron chi connectivity index (χ3n) is 3.35. The summed E-state index contributed by atoms with van der Waals surface area (Å²) in [5.74, 6) is -0.236. The molecule has 5 nitrogen and oxygen atoms in total. The number of hydrogen-bond acceptors (Lipinski definition) is 4. The summed E-state index contributed by atoms with van der Waals surface area (Å²) in [6.07, 6.45) is 0. The molecule has 0 aromatic heterocycles. The van der Waals surface area contributed by atoms with Crippen LogP contribution in [0.4, 0.5) is 0 Å². The molecule has 19 heavy (non-hydrogen) atoms. The Morgan fingerprint density at radius 2 is 2.00 bits per heavy atom. The Balaban J connectivity index is 2.55. The summed E-state index contributed by atoms with van der Waals surface area (Å²) in [5.41, 5.74) is 1.18. The molecule has 1 heterocycles. The number of nitro groups is 1. The van der Waals surface area contributed by atoms with Gasteiger partial charge in [0.2, 0.25) is 0 Å². The van der Waals surface area contributed by atoms with Crippen molar-refractivity contribution in [1.29, 1.82) is 0 Å². The van der Waals surface area contributed by atoms with Crippen molar-refractivity contribution in [1.82, 2.24) is 0 Å². The van der Waals surface area contributed by atoms with Gasteiger partial charge in [0.15, 0.2) is 12.4 Å². The summed E-state index contributed by atoms with van der Waals surface area (Å²) < 4.78 is 5.29. The van der Waals surface area contributed by atoms with E-state index >= 15 is 0 Å². The second kappa shape index (κ2) is 5.22. The summed E-state index contributed by atoms with van der Waals surface area (Å²) in [6, 6.07) is 8.16. The van der Waals surface area contributed by atoms with E-state index in [4.69, 9.17) is 4.74 Å². The first-order valence-corrected chi connectivity index (χ1v) is 6.05. The minimum atomic E-state index is -0.926. The molecule has 0 bridgehead atoms. The highest BCUT2D eigenvalue weighted by molar-refractivity contribution is 5.95. The molecule has 0 spiro atoms. The molecule has 0 N–H and O–H groups in total. The Labute approximate surface area is 111 Å². The van der Waals surface area contributed by atoms with Crippen LogP contribution in [0.3, 0.4) is 0 Å². The Morgan fingerprint density at radius 3 is 2.53 bits per heavy atom. The maximum Gasteiger partial charge on any atom is 0.257 e. The van der Waals surface area contributed by atoms with Gasteiger partial charge in [-0.2, -0.15) is 0 Å². The van der Waals surface area contributed by atoms with Gasteiger partial charge in [-0.15, -0.1) is 0 Å². The minimum Gasteiger partial charge on any atom is -0.491 e. The largest absolute Gasteiger partial charge is 0.491 e. The molecule has 1 unspecified atom stereocenters. The summed E-state index contributed by atoms with van der Waals surface area (Å²) >= 11 is 0. The summed E-state index contributed by atoms with van der Waals surface area (Å²) in [4.78, 5) is 22.6. The SMILES string of the molecule is CC(=O)C1=C(C)OCC([N+](=O)[O-])[C@@H]1c1ccccc1. The number of carbonyl (C=O) groups is 1. The number of ketones is 1. The predicted octanol–water partition coefficient (Wildman–Crippen LogP) is 2.31. The van der Waals surface area contributed by atoms with Gasteiger partial charge in [0.1, 0.15) is 5.76 Å².